The van der Waals surface area contributed by atoms with Crippen molar-refractivity contribution in [1.29, 1.82) is 5.26 Å². The van der Waals surface area contributed by atoms with Crippen LogP contribution in [0.3, 0.4) is 0 Å². The number of pyridine rings is 1. The lowest BCUT2D eigenvalue weighted by molar-refractivity contribution is 0.443. The molecular weight excluding hydrogens is 212 g/mol. The highest BCUT2D eigenvalue weighted by Crippen LogP contribution is 2.11. The minimum Gasteiger partial charge on any atom is -0.310 e. The Balaban J connectivity index is 1.98. The second-order valence-electron chi connectivity index (χ2n) is 4.80. The normalized spacial score (nSPS) is 11.6. The average Bonchev–Trinajstić information content (AvgIpc) is 2.71. The molecule has 0 atom stereocenters. The maximum atomic E-state index is 8.90. The van der Waals surface area contributed by atoms with Gasteiger partial charge in [0, 0.05) is 25.5 Å². The number of nitriles is 1. The van der Waals surface area contributed by atoms with Gasteiger partial charge in [-0.2, -0.15) is 5.26 Å². The Labute approximate surface area is 101 Å². The lowest BCUT2D eigenvalue weighted by Crippen LogP contribution is -2.27. The zero-order valence-electron chi connectivity index (χ0n) is 10.1. The van der Waals surface area contributed by atoms with Crippen LogP contribution < -0.4 is 5.32 Å². The molecule has 0 aliphatic heterocycles. The largest absolute Gasteiger partial charge is 0.310 e. The van der Waals surface area contributed by atoms with Gasteiger partial charge in [-0.25, -0.2) is 4.98 Å². The molecule has 2 aromatic heterocycles. The summed E-state index contributed by atoms with van der Waals surface area (Å²) in [6.45, 7) is 5.19. The number of nitrogens with one attached hydrogen (secondary N) is 1. The van der Waals surface area contributed by atoms with E-state index >= 15 is 0 Å². The second kappa shape index (κ2) is 4.56. The van der Waals surface area contributed by atoms with E-state index in [1.807, 2.05) is 48.8 Å². The van der Waals surface area contributed by atoms with Gasteiger partial charge in [-0.1, -0.05) is 6.07 Å². The molecule has 4 heteroatoms. The van der Waals surface area contributed by atoms with Gasteiger partial charge in [0.05, 0.1) is 17.2 Å². The lowest BCUT2D eigenvalue weighted by Gasteiger charge is -2.14. The molecule has 17 heavy (non-hydrogen) atoms. The first-order valence-electron chi connectivity index (χ1n) is 5.65. The van der Waals surface area contributed by atoms with E-state index in [-0.39, 0.29) is 5.41 Å². The monoisotopic (exact) mass is 228 g/mol. The van der Waals surface area contributed by atoms with Crippen LogP contribution in [0.5, 0.6) is 0 Å². The van der Waals surface area contributed by atoms with Crippen molar-refractivity contribution in [3.63, 3.8) is 0 Å². The Hall–Kier alpha value is -1.86. The predicted octanol–water partition coefficient (Wildman–Crippen LogP) is 1.97. The molecule has 88 valence electrons. The molecule has 0 spiro atoms. The summed E-state index contributed by atoms with van der Waals surface area (Å²) in [5, 5.41) is 12.2. The van der Waals surface area contributed by atoms with Crippen LogP contribution in [0, 0.1) is 16.7 Å². The minimum absolute atomic E-state index is 0.334. The molecular formula is C13H16N4. The summed E-state index contributed by atoms with van der Waals surface area (Å²) in [6.07, 6.45) is 3.98. The van der Waals surface area contributed by atoms with Gasteiger partial charge in [0.25, 0.3) is 0 Å². The zero-order valence-corrected chi connectivity index (χ0v) is 10.1. The summed E-state index contributed by atoms with van der Waals surface area (Å²) in [5.41, 5.74) is 1.60. The van der Waals surface area contributed by atoms with Crippen LogP contribution in [0.25, 0.3) is 5.65 Å². The summed E-state index contributed by atoms with van der Waals surface area (Å²) >= 11 is 0. The first-order valence-corrected chi connectivity index (χ1v) is 5.65. The maximum absolute atomic E-state index is 8.90. The average molecular weight is 228 g/mol. The van der Waals surface area contributed by atoms with Crippen molar-refractivity contribution in [1.82, 2.24) is 14.7 Å². The van der Waals surface area contributed by atoms with Crippen molar-refractivity contribution in [2.24, 2.45) is 5.41 Å². The summed E-state index contributed by atoms with van der Waals surface area (Å²) < 4.78 is 1.99. The maximum Gasteiger partial charge on any atom is 0.137 e. The molecule has 0 radical (unpaired) electrons. The van der Waals surface area contributed by atoms with Crippen LogP contribution in [0.1, 0.15) is 19.5 Å². The van der Waals surface area contributed by atoms with Crippen molar-refractivity contribution in [2.45, 2.75) is 20.4 Å². The van der Waals surface area contributed by atoms with Gasteiger partial charge in [0.15, 0.2) is 0 Å². The molecule has 0 saturated heterocycles. The SMILES string of the molecule is CC(C)(C#N)CNCc1cn2ccccc2n1. The van der Waals surface area contributed by atoms with Crippen LogP contribution >= 0.6 is 0 Å². The smallest absolute Gasteiger partial charge is 0.137 e. The van der Waals surface area contributed by atoms with Crippen molar-refractivity contribution in [2.75, 3.05) is 6.54 Å². The molecule has 1 N–H and O–H groups in total. The Kier molecular flexibility index (Phi) is 3.12. The fraction of sp³-hybridized carbons (Fsp3) is 0.385. The summed E-state index contributed by atoms with van der Waals surface area (Å²) in [4.78, 5) is 4.48. The number of nitrogens with zero attached hydrogens (tertiary/aromatic N) is 3. The predicted molar refractivity (Wildman–Crippen MR) is 66.3 cm³/mol. The van der Waals surface area contributed by atoms with E-state index < -0.39 is 0 Å². The molecule has 0 aliphatic carbocycles. The quantitative estimate of drug-likeness (QED) is 0.870. The summed E-state index contributed by atoms with van der Waals surface area (Å²) in [7, 11) is 0. The molecule has 0 saturated carbocycles. The van der Waals surface area contributed by atoms with Gasteiger partial charge in [-0.05, 0) is 26.0 Å². The van der Waals surface area contributed by atoms with Crippen molar-refractivity contribution < 1.29 is 0 Å². The highest BCUT2D eigenvalue weighted by Gasteiger charge is 2.15. The summed E-state index contributed by atoms with van der Waals surface area (Å²) in [6, 6.07) is 8.19. The van der Waals surface area contributed by atoms with Crippen LogP contribution in [-0.4, -0.2) is 15.9 Å². The van der Waals surface area contributed by atoms with Gasteiger partial charge in [0.1, 0.15) is 5.65 Å². The van der Waals surface area contributed by atoms with E-state index in [1.165, 1.54) is 0 Å². The minimum atomic E-state index is -0.334. The third-order valence-corrected chi connectivity index (χ3v) is 2.59. The molecule has 0 aliphatic rings. The van der Waals surface area contributed by atoms with Gasteiger partial charge >= 0.3 is 0 Å². The lowest BCUT2D eigenvalue weighted by atomic mass is 9.96. The molecule has 2 heterocycles. The second-order valence-corrected chi connectivity index (χ2v) is 4.80. The van der Waals surface area contributed by atoms with E-state index in [0.29, 0.717) is 13.1 Å². The van der Waals surface area contributed by atoms with Crippen molar-refractivity contribution in [3.05, 3.63) is 36.3 Å². The molecule has 4 nitrogen and oxygen atoms in total. The number of rotatable bonds is 4. The van der Waals surface area contributed by atoms with E-state index in [2.05, 4.69) is 16.4 Å². The number of hydrogen-bond acceptors (Lipinski definition) is 3. The van der Waals surface area contributed by atoms with Crippen LogP contribution in [-0.2, 0) is 6.54 Å². The first-order chi connectivity index (χ1) is 8.11. The molecule has 2 rings (SSSR count). The Morgan fingerprint density at radius 2 is 2.29 bits per heavy atom. The number of fused-ring (bicyclic) bond motifs is 1. The van der Waals surface area contributed by atoms with Crippen molar-refractivity contribution >= 4 is 5.65 Å². The van der Waals surface area contributed by atoms with Gasteiger partial charge in [-0.15, -0.1) is 0 Å². The third kappa shape index (κ3) is 2.83. The Morgan fingerprint density at radius 1 is 1.47 bits per heavy atom. The zero-order chi connectivity index (χ0) is 12.3. The molecule has 0 fully saturated rings. The Bertz CT molecular complexity index is 515. The third-order valence-electron chi connectivity index (χ3n) is 2.59. The molecule has 0 bridgehead atoms. The van der Waals surface area contributed by atoms with Crippen LogP contribution in [0.4, 0.5) is 0 Å². The van der Waals surface area contributed by atoms with E-state index in [9.17, 15) is 0 Å². The van der Waals surface area contributed by atoms with E-state index in [1.54, 1.807) is 0 Å². The highest BCUT2D eigenvalue weighted by atomic mass is 15.0. The molecule has 2 aromatic rings. The molecule has 0 aromatic carbocycles. The van der Waals surface area contributed by atoms with Gasteiger partial charge in [0.2, 0.25) is 0 Å². The van der Waals surface area contributed by atoms with Gasteiger partial charge in [-0.3, -0.25) is 0 Å². The highest BCUT2D eigenvalue weighted by molar-refractivity contribution is 5.39. The van der Waals surface area contributed by atoms with Gasteiger partial charge < -0.3 is 9.72 Å². The summed E-state index contributed by atoms with van der Waals surface area (Å²) in [5.74, 6) is 0. The first kappa shape index (κ1) is 11.6. The standard InChI is InChI=1S/C13H16N4/c1-13(2,9-14)10-15-7-11-8-17-6-4-3-5-12(17)16-11/h3-6,8,15H,7,10H2,1-2H3. The van der Waals surface area contributed by atoms with E-state index in [0.717, 1.165) is 11.3 Å². The molecule has 0 amide bonds. The number of aromatic nitrogens is 2. The van der Waals surface area contributed by atoms with E-state index in [4.69, 9.17) is 5.26 Å². The topological polar surface area (TPSA) is 53.1 Å². The Morgan fingerprint density at radius 3 is 3.00 bits per heavy atom. The van der Waals surface area contributed by atoms with Crippen LogP contribution in [0.15, 0.2) is 30.6 Å². The number of imidazole rings is 1. The van der Waals surface area contributed by atoms with Crippen molar-refractivity contribution in [3.8, 4) is 6.07 Å². The fourth-order valence-electron chi connectivity index (χ4n) is 1.61. The van der Waals surface area contributed by atoms with Crippen LogP contribution in [0.2, 0.25) is 0 Å². The fourth-order valence-corrected chi connectivity index (χ4v) is 1.61. The molecule has 0 unspecified atom stereocenters. The number of hydrogen-bond donors (Lipinski definition) is 1.